The maximum Gasteiger partial charge on any atom is 0.246 e. The van der Waals surface area contributed by atoms with Gasteiger partial charge in [0.25, 0.3) is 0 Å². The van der Waals surface area contributed by atoms with Gasteiger partial charge in [0.05, 0.1) is 0 Å². The van der Waals surface area contributed by atoms with Gasteiger partial charge >= 0.3 is 0 Å². The Balaban J connectivity index is 1.99. The van der Waals surface area contributed by atoms with Crippen molar-refractivity contribution < 1.29 is 9.18 Å². The van der Waals surface area contributed by atoms with E-state index in [0.29, 0.717) is 0 Å². The quantitative estimate of drug-likeness (QED) is 0.807. The Morgan fingerprint density at radius 1 is 1.44 bits per heavy atom. The minimum atomic E-state index is -0.269. The highest BCUT2D eigenvalue weighted by Gasteiger charge is 2.20. The molecule has 1 heterocycles. The van der Waals surface area contributed by atoms with Gasteiger partial charge in [-0.15, -0.1) is 0 Å². The number of piperazine rings is 1. The fourth-order valence-corrected chi connectivity index (χ4v) is 2.01. The number of hydrogen-bond donors (Lipinski definition) is 1. The minimum Gasteiger partial charge on any atom is -0.334 e. The molecule has 1 unspecified atom stereocenters. The Morgan fingerprint density at radius 3 is 2.83 bits per heavy atom. The number of rotatable bonds is 2. The normalized spacial score (nSPS) is 20.3. The average Bonchev–Trinajstić information content (AvgIpc) is 2.38. The van der Waals surface area contributed by atoms with Crippen LogP contribution in [0.2, 0.25) is 0 Å². The summed E-state index contributed by atoms with van der Waals surface area (Å²) in [6.07, 6.45) is 3.27. The lowest BCUT2D eigenvalue weighted by molar-refractivity contribution is -0.128. The average molecular weight is 248 g/mol. The van der Waals surface area contributed by atoms with Gasteiger partial charge in [-0.1, -0.05) is 12.1 Å². The molecule has 3 nitrogen and oxygen atoms in total. The van der Waals surface area contributed by atoms with Gasteiger partial charge in [0, 0.05) is 31.8 Å². The van der Waals surface area contributed by atoms with Gasteiger partial charge in [-0.2, -0.15) is 0 Å². The molecule has 0 aliphatic carbocycles. The van der Waals surface area contributed by atoms with Crippen LogP contribution in [0.5, 0.6) is 0 Å². The van der Waals surface area contributed by atoms with E-state index in [0.717, 1.165) is 25.2 Å². The maximum absolute atomic E-state index is 12.7. The van der Waals surface area contributed by atoms with Crippen molar-refractivity contribution in [3.63, 3.8) is 0 Å². The molecule has 1 aliphatic heterocycles. The van der Waals surface area contributed by atoms with E-state index in [-0.39, 0.29) is 17.8 Å². The van der Waals surface area contributed by atoms with E-state index in [1.165, 1.54) is 12.1 Å². The third-order valence-corrected chi connectivity index (χ3v) is 3.07. The van der Waals surface area contributed by atoms with E-state index < -0.39 is 0 Å². The minimum absolute atomic E-state index is 0.00771. The number of halogens is 1. The predicted molar refractivity (Wildman–Crippen MR) is 69.5 cm³/mol. The van der Waals surface area contributed by atoms with Crippen LogP contribution in [-0.2, 0) is 4.79 Å². The van der Waals surface area contributed by atoms with Crippen molar-refractivity contribution in [1.82, 2.24) is 10.2 Å². The first kappa shape index (κ1) is 12.8. The molecular formula is C14H17FN2O. The lowest BCUT2D eigenvalue weighted by Crippen LogP contribution is -2.51. The predicted octanol–water partition coefficient (Wildman–Crippen LogP) is 1.66. The molecule has 1 saturated heterocycles. The van der Waals surface area contributed by atoms with Crippen molar-refractivity contribution in [2.75, 3.05) is 19.6 Å². The lowest BCUT2D eigenvalue weighted by Gasteiger charge is -2.33. The number of hydrogen-bond acceptors (Lipinski definition) is 2. The van der Waals surface area contributed by atoms with E-state index in [1.54, 1.807) is 24.3 Å². The van der Waals surface area contributed by atoms with Crippen molar-refractivity contribution in [3.05, 3.63) is 41.7 Å². The summed E-state index contributed by atoms with van der Waals surface area (Å²) >= 11 is 0. The Morgan fingerprint density at radius 2 is 2.17 bits per heavy atom. The SMILES string of the molecule is CC1CNCCN1C(=O)C=Cc1ccc(F)cc1. The summed E-state index contributed by atoms with van der Waals surface area (Å²) in [5, 5.41) is 3.24. The largest absolute Gasteiger partial charge is 0.334 e. The molecule has 1 amide bonds. The molecule has 18 heavy (non-hydrogen) atoms. The van der Waals surface area contributed by atoms with Crippen molar-refractivity contribution >= 4 is 12.0 Å². The van der Waals surface area contributed by atoms with Gasteiger partial charge in [0.2, 0.25) is 5.91 Å². The highest BCUT2D eigenvalue weighted by molar-refractivity contribution is 5.92. The van der Waals surface area contributed by atoms with Gasteiger partial charge in [0.15, 0.2) is 0 Å². The Labute approximate surface area is 106 Å². The second-order valence-corrected chi connectivity index (χ2v) is 4.47. The second kappa shape index (κ2) is 5.78. The lowest BCUT2D eigenvalue weighted by atomic mass is 10.2. The monoisotopic (exact) mass is 248 g/mol. The molecule has 0 bridgehead atoms. The highest BCUT2D eigenvalue weighted by atomic mass is 19.1. The molecule has 1 N–H and O–H groups in total. The van der Waals surface area contributed by atoms with E-state index in [1.807, 2.05) is 11.8 Å². The molecule has 0 radical (unpaired) electrons. The van der Waals surface area contributed by atoms with Crippen LogP contribution < -0.4 is 5.32 Å². The number of carbonyl (C=O) groups is 1. The fraction of sp³-hybridized carbons (Fsp3) is 0.357. The molecule has 1 aromatic rings. The summed E-state index contributed by atoms with van der Waals surface area (Å²) in [5.74, 6) is -0.262. The van der Waals surface area contributed by atoms with Crippen molar-refractivity contribution in [1.29, 1.82) is 0 Å². The van der Waals surface area contributed by atoms with Crippen LogP contribution in [0.25, 0.3) is 6.08 Å². The standard InChI is InChI=1S/C14H17FN2O/c1-11-10-16-8-9-17(11)14(18)7-4-12-2-5-13(15)6-3-12/h2-7,11,16H,8-10H2,1H3. The summed E-state index contributed by atoms with van der Waals surface area (Å²) in [6, 6.07) is 6.29. The Kier molecular flexibility index (Phi) is 4.10. The molecule has 96 valence electrons. The van der Waals surface area contributed by atoms with Gasteiger partial charge in [-0.3, -0.25) is 4.79 Å². The third-order valence-electron chi connectivity index (χ3n) is 3.07. The third kappa shape index (κ3) is 3.17. The summed E-state index contributed by atoms with van der Waals surface area (Å²) in [7, 11) is 0. The van der Waals surface area contributed by atoms with E-state index in [9.17, 15) is 9.18 Å². The van der Waals surface area contributed by atoms with Crippen molar-refractivity contribution in [2.45, 2.75) is 13.0 Å². The zero-order valence-electron chi connectivity index (χ0n) is 10.4. The van der Waals surface area contributed by atoms with E-state index in [4.69, 9.17) is 0 Å². The topological polar surface area (TPSA) is 32.3 Å². The number of amides is 1. The maximum atomic E-state index is 12.7. The molecule has 1 atom stereocenters. The van der Waals surface area contributed by atoms with Crippen LogP contribution in [0.4, 0.5) is 4.39 Å². The summed E-state index contributed by atoms with van der Waals surface area (Å²) in [5.41, 5.74) is 0.826. The molecule has 1 aromatic carbocycles. The van der Waals surface area contributed by atoms with Crippen LogP contribution in [0.3, 0.4) is 0 Å². The van der Waals surface area contributed by atoms with Crippen LogP contribution in [0.1, 0.15) is 12.5 Å². The molecule has 0 aromatic heterocycles. The molecule has 2 rings (SSSR count). The first-order valence-corrected chi connectivity index (χ1v) is 6.12. The Hall–Kier alpha value is -1.68. The smallest absolute Gasteiger partial charge is 0.246 e. The molecular weight excluding hydrogens is 231 g/mol. The van der Waals surface area contributed by atoms with Gasteiger partial charge in [0.1, 0.15) is 5.82 Å². The summed E-state index contributed by atoms with van der Waals surface area (Å²) in [4.78, 5) is 13.8. The zero-order chi connectivity index (χ0) is 13.0. The highest BCUT2D eigenvalue weighted by Crippen LogP contribution is 2.07. The van der Waals surface area contributed by atoms with E-state index >= 15 is 0 Å². The molecule has 4 heteroatoms. The van der Waals surface area contributed by atoms with Gasteiger partial charge in [-0.25, -0.2) is 4.39 Å². The van der Waals surface area contributed by atoms with Crippen LogP contribution in [-0.4, -0.2) is 36.5 Å². The number of nitrogens with zero attached hydrogens (tertiary/aromatic N) is 1. The van der Waals surface area contributed by atoms with Crippen LogP contribution in [0, 0.1) is 5.82 Å². The fourth-order valence-electron chi connectivity index (χ4n) is 2.01. The van der Waals surface area contributed by atoms with Crippen molar-refractivity contribution in [3.8, 4) is 0 Å². The number of nitrogens with one attached hydrogen (secondary N) is 1. The first-order valence-electron chi connectivity index (χ1n) is 6.12. The molecule has 0 saturated carbocycles. The molecule has 1 fully saturated rings. The number of carbonyl (C=O) groups excluding carboxylic acids is 1. The van der Waals surface area contributed by atoms with Gasteiger partial charge in [-0.05, 0) is 30.7 Å². The first-order chi connectivity index (χ1) is 8.66. The zero-order valence-corrected chi connectivity index (χ0v) is 10.4. The molecule has 1 aliphatic rings. The number of benzene rings is 1. The van der Waals surface area contributed by atoms with Gasteiger partial charge < -0.3 is 10.2 Å². The molecule has 0 spiro atoms. The summed E-state index contributed by atoms with van der Waals surface area (Å²) < 4.78 is 12.7. The van der Waals surface area contributed by atoms with E-state index in [2.05, 4.69) is 5.32 Å². The second-order valence-electron chi connectivity index (χ2n) is 4.47. The summed E-state index contributed by atoms with van der Waals surface area (Å²) in [6.45, 7) is 4.42. The van der Waals surface area contributed by atoms with Crippen LogP contribution >= 0.6 is 0 Å². The Bertz CT molecular complexity index is 442. The van der Waals surface area contributed by atoms with Crippen LogP contribution in [0.15, 0.2) is 30.3 Å². The van der Waals surface area contributed by atoms with Crippen molar-refractivity contribution in [2.24, 2.45) is 0 Å².